The smallest absolute Gasteiger partial charge is 0.407 e. The van der Waals surface area contributed by atoms with Crippen molar-refractivity contribution in [3.63, 3.8) is 0 Å². The lowest BCUT2D eigenvalue weighted by Gasteiger charge is -2.47. The maximum absolute atomic E-state index is 13.2. The van der Waals surface area contributed by atoms with Gasteiger partial charge < -0.3 is 38.5 Å². The number of hydrogen-bond acceptors (Lipinski definition) is 8. The average molecular weight is 836 g/mol. The highest BCUT2D eigenvalue weighted by Crippen LogP contribution is 2.42. The van der Waals surface area contributed by atoms with Crippen LogP contribution in [0.2, 0.25) is 0 Å². The molecular weight excluding hydrogens is 779 g/mol. The topological polar surface area (TPSA) is 93.7 Å². The van der Waals surface area contributed by atoms with Crippen molar-refractivity contribution in [2.45, 2.75) is 82.3 Å². The molecule has 0 bridgehead atoms. The molecule has 1 amide bonds. The molecule has 1 N–H and O–H groups in total. The zero-order chi connectivity index (χ0) is 43.2. The largest absolute Gasteiger partial charge is 0.497 e. The van der Waals surface area contributed by atoms with Gasteiger partial charge in [-0.15, -0.1) is 0 Å². The van der Waals surface area contributed by atoms with Crippen molar-refractivity contribution in [1.82, 2.24) is 5.32 Å². The Kier molecular flexibility index (Phi) is 15.2. The van der Waals surface area contributed by atoms with E-state index in [1.54, 1.807) is 7.11 Å². The quantitative estimate of drug-likeness (QED) is 0.0856. The fourth-order valence-corrected chi connectivity index (χ4v) is 7.81. The van der Waals surface area contributed by atoms with Crippen LogP contribution in [0, 0.1) is 0 Å². The molecule has 0 spiro atoms. The van der Waals surface area contributed by atoms with E-state index in [1.165, 1.54) is 0 Å². The molecule has 7 rings (SSSR count). The van der Waals surface area contributed by atoms with Crippen LogP contribution < -0.4 is 10.1 Å². The molecule has 1 aliphatic heterocycles. The van der Waals surface area contributed by atoms with Crippen molar-refractivity contribution in [3.05, 3.63) is 209 Å². The minimum Gasteiger partial charge on any atom is -0.497 e. The van der Waals surface area contributed by atoms with Gasteiger partial charge in [0.05, 0.1) is 33.5 Å². The van der Waals surface area contributed by atoms with Crippen molar-refractivity contribution in [1.29, 1.82) is 0 Å². The van der Waals surface area contributed by atoms with Gasteiger partial charge in [0.1, 0.15) is 47.5 Å². The molecule has 6 aromatic rings. The third kappa shape index (κ3) is 11.6. The van der Waals surface area contributed by atoms with Gasteiger partial charge >= 0.3 is 6.09 Å². The van der Waals surface area contributed by atoms with E-state index in [0.29, 0.717) is 0 Å². The van der Waals surface area contributed by atoms with Crippen LogP contribution in [0.4, 0.5) is 4.79 Å². The van der Waals surface area contributed by atoms with Crippen molar-refractivity contribution >= 4 is 6.09 Å². The summed E-state index contributed by atoms with van der Waals surface area (Å²) < 4.78 is 46.7. The Hall–Kier alpha value is -5.81. The third-order valence-electron chi connectivity index (χ3n) is 10.8. The number of carbonyl (C=O) groups is 1. The van der Waals surface area contributed by atoms with E-state index in [1.807, 2.05) is 172 Å². The van der Waals surface area contributed by atoms with Crippen molar-refractivity contribution in [2.24, 2.45) is 0 Å². The lowest BCUT2D eigenvalue weighted by atomic mass is 9.80. The normalized spacial score (nSPS) is 19.1. The highest BCUT2D eigenvalue weighted by Gasteiger charge is 2.50. The van der Waals surface area contributed by atoms with Crippen LogP contribution in [0.25, 0.3) is 0 Å². The number of carbonyl (C=O) groups excluding carboxylic acids is 1. The van der Waals surface area contributed by atoms with E-state index in [4.69, 9.17) is 33.2 Å². The number of alkyl carbamates (subject to hydrolysis) is 1. The third-order valence-corrected chi connectivity index (χ3v) is 10.8. The van der Waals surface area contributed by atoms with Crippen LogP contribution in [0.3, 0.4) is 0 Å². The molecule has 0 aliphatic carbocycles. The first kappa shape index (κ1) is 44.3. The molecule has 1 aliphatic rings. The van der Waals surface area contributed by atoms with E-state index in [9.17, 15) is 4.79 Å². The SMILES string of the molecule is COc1ccc(C(OC[C@H]2O[C@@H](CNC(=O)OC(C)(C)C)[C@H](OCc3ccccc3)[C@@H](OCc3ccccc3)[C@@H]2OCc2ccccc2)(c2ccccc2)c2ccccc2)cc1. The molecule has 1 saturated heterocycles. The molecule has 0 unspecified atom stereocenters. The van der Waals surface area contributed by atoms with Crippen molar-refractivity contribution in [2.75, 3.05) is 20.3 Å². The van der Waals surface area contributed by atoms with Crippen LogP contribution in [-0.4, -0.2) is 62.5 Å². The van der Waals surface area contributed by atoms with Crippen LogP contribution in [-0.2, 0) is 53.8 Å². The minimum absolute atomic E-state index is 0.0643. The summed E-state index contributed by atoms with van der Waals surface area (Å²) in [5.74, 6) is 0.731. The Morgan fingerprint density at radius 3 is 1.37 bits per heavy atom. The minimum atomic E-state index is -1.09. The second-order valence-corrected chi connectivity index (χ2v) is 16.3. The van der Waals surface area contributed by atoms with E-state index in [2.05, 4.69) is 29.6 Å². The second-order valence-electron chi connectivity index (χ2n) is 16.3. The van der Waals surface area contributed by atoms with E-state index in [-0.39, 0.29) is 33.0 Å². The van der Waals surface area contributed by atoms with Gasteiger partial charge in [0, 0.05) is 6.54 Å². The molecule has 62 heavy (non-hydrogen) atoms. The maximum atomic E-state index is 13.2. The summed E-state index contributed by atoms with van der Waals surface area (Å²) in [6, 6.07) is 58.4. The number of benzene rings is 6. The summed E-state index contributed by atoms with van der Waals surface area (Å²) in [6.07, 6.45) is -4.06. The first-order chi connectivity index (χ1) is 30.2. The van der Waals surface area contributed by atoms with Gasteiger partial charge in [-0.3, -0.25) is 0 Å². The summed E-state index contributed by atoms with van der Waals surface area (Å²) in [6.45, 7) is 6.48. The number of methoxy groups -OCH3 is 1. The Bertz CT molecular complexity index is 2180. The molecule has 0 saturated carbocycles. The van der Waals surface area contributed by atoms with Gasteiger partial charge in [0.2, 0.25) is 0 Å². The molecule has 5 atom stereocenters. The van der Waals surface area contributed by atoms with E-state index >= 15 is 0 Å². The van der Waals surface area contributed by atoms with Crippen LogP contribution in [0.1, 0.15) is 54.2 Å². The number of amides is 1. The number of nitrogens with one attached hydrogen (secondary N) is 1. The monoisotopic (exact) mass is 835 g/mol. The van der Waals surface area contributed by atoms with Gasteiger partial charge in [-0.25, -0.2) is 4.79 Å². The van der Waals surface area contributed by atoms with Crippen molar-refractivity contribution < 1.29 is 38.0 Å². The van der Waals surface area contributed by atoms with Crippen molar-refractivity contribution in [3.8, 4) is 5.75 Å². The average Bonchev–Trinajstić information content (AvgIpc) is 3.30. The van der Waals surface area contributed by atoms with Crippen LogP contribution in [0.5, 0.6) is 5.75 Å². The van der Waals surface area contributed by atoms with E-state index in [0.717, 1.165) is 39.1 Å². The predicted octanol–water partition coefficient (Wildman–Crippen LogP) is 10.1. The Morgan fingerprint density at radius 1 is 0.532 bits per heavy atom. The zero-order valence-corrected chi connectivity index (χ0v) is 35.9. The van der Waals surface area contributed by atoms with E-state index < -0.39 is 47.8 Å². The van der Waals surface area contributed by atoms with Gasteiger partial charge in [-0.1, -0.05) is 164 Å². The van der Waals surface area contributed by atoms with Crippen LogP contribution >= 0.6 is 0 Å². The van der Waals surface area contributed by atoms with Gasteiger partial charge in [-0.2, -0.15) is 0 Å². The highest BCUT2D eigenvalue weighted by atomic mass is 16.6. The fraction of sp³-hybridized carbons (Fsp3) is 0.302. The summed E-state index contributed by atoms with van der Waals surface area (Å²) in [7, 11) is 1.66. The number of rotatable bonds is 18. The molecule has 6 aromatic carbocycles. The first-order valence-electron chi connectivity index (χ1n) is 21.2. The summed E-state index contributed by atoms with van der Waals surface area (Å²) in [4.78, 5) is 13.2. The standard InChI is InChI=1S/C53H57NO8/c1-52(2,3)62-51(55)54-34-46-48(57-35-39-20-10-5-11-21-39)50(59-37-41-24-14-7-15-25-41)49(58-36-40-22-12-6-13-23-40)47(61-46)38-60-53(42-26-16-8-17-27-42,43-28-18-9-19-29-43)44-30-32-45(56-4)33-31-44/h5-33,46-50H,34-38H2,1-4H3,(H,54,55)/t46-,47+,48-,49+,50+/m0/s1. The number of hydrogen-bond donors (Lipinski definition) is 1. The first-order valence-corrected chi connectivity index (χ1v) is 21.2. The lowest BCUT2D eigenvalue weighted by molar-refractivity contribution is -0.274. The van der Waals surface area contributed by atoms with Gasteiger partial charge in [0.25, 0.3) is 0 Å². The molecule has 322 valence electrons. The molecule has 1 fully saturated rings. The zero-order valence-electron chi connectivity index (χ0n) is 35.9. The maximum Gasteiger partial charge on any atom is 0.407 e. The van der Waals surface area contributed by atoms with Gasteiger partial charge in [0.15, 0.2) is 0 Å². The predicted molar refractivity (Wildman–Crippen MR) is 240 cm³/mol. The summed E-state index contributed by atoms with van der Waals surface area (Å²) in [5.41, 5.74) is 3.93. The summed E-state index contributed by atoms with van der Waals surface area (Å²) >= 11 is 0. The molecule has 0 radical (unpaired) electrons. The van der Waals surface area contributed by atoms with Crippen LogP contribution in [0.15, 0.2) is 176 Å². The van der Waals surface area contributed by atoms with Gasteiger partial charge in [-0.05, 0) is 66.3 Å². The summed E-state index contributed by atoms with van der Waals surface area (Å²) in [5, 5.41) is 2.97. The number of ether oxygens (including phenoxy) is 7. The highest BCUT2D eigenvalue weighted by molar-refractivity contribution is 5.67. The molecular formula is C53H57NO8. The Morgan fingerprint density at radius 2 is 0.935 bits per heavy atom. The molecule has 0 aromatic heterocycles. The second kappa shape index (κ2) is 21.3. The molecule has 1 heterocycles. The molecule has 9 nitrogen and oxygen atoms in total. The molecule has 9 heteroatoms. The lowest BCUT2D eigenvalue weighted by Crippen LogP contribution is -2.63. The Labute approximate surface area is 365 Å². The fourth-order valence-electron chi connectivity index (χ4n) is 7.81. The Balaban J connectivity index is 1.32.